The Morgan fingerprint density at radius 1 is 0.932 bits per heavy atom. The predicted octanol–water partition coefficient (Wildman–Crippen LogP) is 6.45. The van der Waals surface area contributed by atoms with Crippen LogP contribution in [0.5, 0.6) is 5.75 Å². The Labute approximate surface area is 436 Å². The average Bonchev–Trinajstić information content (AvgIpc) is 4.03. The van der Waals surface area contributed by atoms with Gasteiger partial charge in [-0.05, 0) is 90.9 Å². The maximum Gasteiger partial charge on any atom is 0.417 e. The third kappa shape index (κ3) is 12.3. The normalized spacial score (nSPS) is 18.9. The van der Waals surface area contributed by atoms with Crippen molar-refractivity contribution in [1.29, 1.82) is 5.26 Å². The van der Waals surface area contributed by atoms with E-state index in [-0.39, 0.29) is 31.8 Å². The lowest BCUT2D eigenvalue weighted by atomic mass is 9.85. The van der Waals surface area contributed by atoms with Crippen molar-refractivity contribution >= 4 is 59.0 Å². The number of nitrogens with one attached hydrogen (secondary N) is 2. The SMILES string of the molecule is Cc1ncsc1-c1ccc(CNC(=O)[C@@H]2C[C@@H](O)CN2C(=O)[C@@H](NC(=O)COC[C@H](O)[C@@H](O)COc2ccc(-c3ccc(N4C(S)N(c5ccc(C#N)c(C(F)(F)F)c5)C(=O)C4(C)C)cc3)cc2)C(C)(C)C)cc1. The van der Waals surface area contributed by atoms with Gasteiger partial charge in [-0.2, -0.15) is 18.4 Å². The number of nitrogens with zero attached hydrogens (tertiary/aromatic N) is 5. The highest BCUT2D eigenvalue weighted by atomic mass is 32.1. The molecule has 3 heterocycles. The number of β-amino-alcohol motifs (C(OH)–C–C–N with tert-alkyl or cyclic N) is 1. The van der Waals surface area contributed by atoms with Crippen LogP contribution in [0, 0.1) is 23.7 Å². The number of amides is 4. The van der Waals surface area contributed by atoms with Crippen LogP contribution < -0.4 is 25.2 Å². The summed E-state index contributed by atoms with van der Waals surface area (Å²) in [5.41, 5.74) is 1.95. The van der Waals surface area contributed by atoms with Crippen molar-refractivity contribution < 1.29 is 57.1 Å². The number of carbonyl (C=O) groups is 4. The lowest BCUT2D eigenvalue weighted by Gasteiger charge is -2.35. The Balaban J connectivity index is 0.870. The Kier molecular flexibility index (Phi) is 16.8. The smallest absolute Gasteiger partial charge is 0.417 e. The van der Waals surface area contributed by atoms with Crippen molar-refractivity contribution in [3.05, 3.63) is 119 Å². The van der Waals surface area contributed by atoms with Crippen LogP contribution in [-0.4, -0.2) is 117 Å². The minimum Gasteiger partial charge on any atom is -0.491 e. The molecule has 7 rings (SSSR count). The number of carbonyl (C=O) groups excluding carboxylic acids is 4. The number of alkyl halides is 3. The molecule has 5 N–H and O–H groups in total. The van der Waals surface area contributed by atoms with E-state index in [2.05, 4.69) is 28.2 Å². The number of nitriles is 1. The van der Waals surface area contributed by atoms with Crippen LogP contribution in [0.3, 0.4) is 0 Å². The molecule has 392 valence electrons. The maximum atomic E-state index is 14.0. The molecule has 1 unspecified atom stereocenters. The van der Waals surface area contributed by atoms with E-state index in [9.17, 15) is 52.9 Å². The number of likely N-dealkylation sites (tertiary alicyclic amines) is 1. The highest BCUT2D eigenvalue weighted by Gasteiger charge is 2.52. The fraction of sp³-hybridized carbons (Fsp3) is 0.396. The minimum absolute atomic E-state index is 0.0246. The van der Waals surface area contributed by atoms with Gasteiger partial charge in [0.1, 0.15) is 48.8 Å². The van der Waals surface area contributed by atoms with Crippen LogP contribution in [0.15, 0.2) is 96.5 Å². The molecule has 4 aromatic carbocycles. The molecule has 2 aliphatic rings. The standard InChI is InChI=1S/C53H58F3N7O9S2/c1-30-45(74-29-59-30)34-9-7-31(8-10-34)24-58-47(68)41-22-38(64)25-61(41)48(69)46(51(2,3)4)60-44(67)28-71-26-42(65)43(66)27-72-39-19-14-33(15-20-39)32-11-16-36(17-12-32)63-50(73)62(49(70)52(63,5)6)37-18-13-35(23-57)40(21-37)53(54,55)56/h7-21,29,38,41-43,46,50,64-66,73H,22,24-28H2,1-6H3,(H,58,68)(H,60,67)/t38-,41+,42+,43+,46-,50?/m1/s1. The number of thiazole rings is 1. The fourth-order valence-electron chi connectivity index (χ4n) is 8.84. The maximum absolute atomic E-state index is 14.0. The first kappa shape index (κ1) is 55.2. The van der Waals surface area contributed by atoms with E-state index in [1.807, 2.05) is 43.3 Å². The van der Waals surface area contributed by atoms with Crippen molar-refractivity contribution in [2.45, 2.75) is 102 Å². The summed E-state index contributed by atoms with van der Waals surface area (Å²) in [5.74, 6) is -1.78. The average molecular weight is 1060 g/mol. The second-order valence-corrected chi connectivity index (χ2v) is 21.1. The highest BCUT2D eigenvalue weighted by Crippen LogP contribution is 2.43. The van der Waals surface area contributed by atoms with Crippen LogP contribution in [0.25, 0.3) is 21.6 Å². The van der Waals surface area contributed by atoms with E-state index in [0.29, 0.717) is 11.4 Å². The number of aliphatic hydroxyl groups excluding tert-OH is 3. The summed E-state index contributed by atoms with van der Waals surface area (Å²) in [6.45, 7) is 9.25. The van der Waals surface area contributed by atoms with Crippen molar-refractivity contribution in [1.82, 2.24) is 20.5 Å². The summed E-state index contributed by atoms with van der Waals surface area (Å²) in [6, 6.07) is 24.3. The van der Waals surface area contributed by atoms with Crippen molar-refractivity contribution in [2.24, 2.45) is 5.41 Å². The van der Waals surface area contributed by atoms with Gasteiger partial charge in [-0.1, -0.05) is 69.3 Å². The van der Waals surface area contributed by atoms with Gasteiger partial charge in [0, 0.05) is 30.9 Å². The molecule has 0 bridgehead atoms. The number of halogens is 3. The monoisotopic (exact) mass is 1060 g/mol. The van der Waals surface area contributed by atoms with Gasteiger partial charge in [0.05, 0.1) is 46.0 Å². The van der Waals surface area contributed by atoms with Gasteiger partial charge in [-0.3, -0.25) is 24.1 Å². The number of aromatic nitrogens is 1. The number of hydrogen-bond acceptors (Lipinski definition) is 14. The summed E-state index contributed by atoms with van der Waals surface area (Å²) >= 11 is 6.21. The number of ether oxygens (including phenoxy) is 2. The predicted molar refractivity (Wildman–Crippen MR) is 275 cm³/mol. The van der Waals surface area contributed by atoms with E-state index in [1.54, 1.807) is 98.8 Å². The summed E-state index contributed by atoms with van der Waals surface area (Å²) in [7, 11) is 0. The molecule has 4 amide bonds. The molecule has 2 fully saturated rings. The fourth-order valence-corrected chi connectivity index (χ4v) is 10.3. The van der Waals surface area contributed by atoms with Crippen LogP contribution in [0.2, 0.25) is 0 Å². The van der Waals surface area contributed by atoms with E-state index in [0.717, 1.165) is 45.0 Å². The van der Waals surface area contributed by atoms with Gasteiger partial charge in [-0.25, -0.2) is 4.98 Å². The zero-order valence-corrected chi connectivity index (χ0v) is 43.2. The first-order valence-electron chi connectivity index (χ1n) is 23.6. The third-order valence-electron chi connectivity index (χ3n) is 12.9. The first-order chi connectivity index (χ1) is 34.9. The molecule has 74 heavy (non-hydrogen) atoms. The van der Waals surface area contributed by atoms with Crippen molar-refractivity contribution in [2.75, 3.05) is 36.2 Å². The Hall–Kier alpha value is -6.54. The highest BCUT2D eigenvalue weighted by molar-refractivity contribution is 7.81. The van der Waals surface area contributed by atoms with Crippen molar-refractivity contribution in [3.63, 3.8) is 0 Å². The third-order valence-corrected chi connectivity index (χ3v) is 14.4. The molecule has 16 nitrogen and oxygen atoms in total. The topological polar surface area (TPSA) is 218 Å². The Bertz CT molecular complexity index is 2870. The van der Waals surface area contributed by atoms with Gasteiger partial charge in [0.25, 0.3) is 5.91 Å². The quantitative estimate of drug-likeness (QED) is 0.0555. The molecule has 6 atom stereocenters. The second-order valence-electron chi connectivity index (χ2n) is 19.8. The van der Waals surface area contributed by atoms with E-state index >= 15 is 0 Å². The van der Waals surface area contributed by atoms with Gasteiger partial charge in [0.2, 0.25) is 17.7 Å². The van der Waals surface area contributed by atoms with E-state index in [4.69, 9.17) is 9.47 Å². The number of benzene rings is 4. The molecular formula is C53H58F3N7O9S2. The zero-order chi connectivity index (χ0) is 53.9. The number of rotatable bonds is 17. The Morgan fingerprint density at radius 2 is 1.54 bits per heavy atom. The molecule has 1 aromatic heterocycles. The Morgan fingerprint density at radius 3 is 2.14 bits per heavy atom. The number of aliphatic hydroxyl groups is 3. The molecule has 0 spiro atoms. The molecule has 21 heteroatoms. The van der Waals surface area contributed by atoms with Gasteiger partial charge in [-0.15, -0.1) is 24.0 Å². The van der Waals surface area contributed by atoms with Crippen LogP contribution in [0.4, 0.5) is 24.5 Å². The molecule has 0 saturated carbocycles. The molecular weight excluding hydrogens is 1000 g/mol. The molecule has 5 aromatic rings. The number of hydrogen-bond donors (Lipinski definition) is 6. The molecule has 2 aliphatic heterocycles. The first-order valence-corrected chi connectivity index (χ1v) is 25.0. The van der Waals surface area contributed by atoms with Crippen LogP contribution in [0.1, 0.15) is 63.4 Å². The lowest BCUT2D eigenvalue weighted by Crippen LogP contribution is -2.58. The van der Waals surface area contributed by atoms with Crippen LogP contribution >= 0.6 is 24.0 Å². The summed E-state index contributed by atoms with van der Waals surface area (Å²) in [6.07, 6.45) is -8.60. The van der Waals surface area contributed by atoms with E-state index in [1.165, 1.54) is 15.9 Å². The molecule has 2 saturated heterocycles. The van der Waals surface area contributed by atoms with Gasteiger partial charge >= 0.3 is 6.18 Å². The van der Waals surface area contributed by atoms with Crippen molar-refractivity contribution in [3.8, 4) is 33.4 Å². The minimum atomic E-state index is -4.81. The largest absolute Gasteiger partial charge is 0.491 e. The zero-order valence-electron chi connectivity index (χ0n) is 41.5. The number of anilines is 2. The summed E-state index contributed by atoms with van der Waals surface area (Å²) in [4.78, 5) is 63.8. The van der Waals surface area contributed by atoms with Gasteiger partial charge < -0.3 is 45.2 Å². The molecule has 0 aliphatic carbocycles. The van der Waals surface area contributed by atoms with Gasteiger partial charge in [0.15, 0.2) is 5.50 Å². The summed E-state index contributed by atoms with van der Waals surface area (Å²) in [5, 5.41) is 46.7. The number of aryl methyl sites for hydroxylation is 1. The molecule has 0 radical (unpaired) electrons. The number of thiol groups is 1. The van der Waals surface area contributed by atoms with Crippen LogP contribution in [-0.2, 0) is 36.6 Å². The lowest BCUT2D eigenvalue weighted by molar-refractivity contribution is -0.145. The second kappa shape index (κ2) is 22.5. The van der Waals surface area contributed by atoms with E-state index < -0.39 is 101 Å². The summed E-state index contributed by atoms with van der Waals surface area (Å²) < 4.78 is 52.5.